The van der Waals surface area contributed by atoms with Crippen molar-refractivity contribution in [2.24, 2.45) is 0 Å². The highest BCUT2D eigenvalue weighted by Gasteiger charge is 2.36. The Kier molecular flexibility index (Phi) is 7.52. The van der Waals surface area contributed by atoms with E-state index in [2.05, 4.69) is 5.32 Å². The van der Waals surface area contributed by atoms with Crippen LogP contribution in [0.2, 0.25) is 0 Å². The molecule has 0 aliphatic carbocycles. The van der Waals surface area contributed by atoms with Crippen molar-refractivity contribution >= 4 is 40.6 Å². The minimum atomic E-state index is -0.540. The monoisotopic (exact) mass is 451 g/mol. The zero-order chi connectivity index (χ0) is 23.1. The number of rotatable bonds is 8. The lowest BCUT2D eigenvalue weighted by Gasteiger charge is -2.13. The van der Waals surface area contributed by atoms with Crippen LogP contribution in [0.1, 0.15) is 18.1 Å². The largest absolute Gasteiger partial charge is 0.490 e. The van der Waals surface area contributed by atoms with Gasteiger partial charge in [-0.05, 0) is 67.1 Å². The Balaban J connectivity index is 1.72. The molecule has 32 heavy (non-hydrogen) atoms. The van der Waals surface area contributed by atoms with E-state index in [1.165, 1.54) is 0 Å². The summed E-state index contributed by atoms with van der Waals surface area (Å²) >= 11 is 0.768. The first-order chi connectivity index (χ1) is 15.4. The molecule has 3 amide bonds. The molecule has 1 fully saturated rings. The number of nitrogens with zero attached hydrogens (tertiary/aromatic N) is 2. The number of carbonyl (C=O) groups excluding carboxylic acids is 3. The van der Waals surface area contributed by atoms with E-state index in [1.54, 1.807) is 42.5 Å². The summed E-state index contributed by atoms with van der Waals surface area (Å²) in [5.41, 5.74) is 2.19. The number of anilines is 1. The molecular formula is C23H21N3O5S. The molecule has 8 nitrogen and oxygen atoms in total. The number of hydrogen-bond donors (Lipinski definition) is 1. The summed E-state index contributed by atoms with van der Waals surface area (Å²) in [6.07, 6.45) is 1.56. The SMILES string of the molecule is CCOc1cc(/C=C2\SC(=O)N(CC(=O)Nc3cccc(C)c3)C2=O)ccc1OCC#N. The summed E-state index contributed by atoms with van der Waals surface area (Å²) in [5, 5.41) is 10.9. The number of thioether (sulfide) groups is 1. The van der Waals surface area contributed by atoms with Crippen molar-refractivity contribution in [1.82, 2.24) is 4.90 Å². The summed E-state index contributed by atoms with van der Waals surface area (Å²) in [6.45, 7) is 3.60. The third-order valence-electron chi connectivity index (χ3n) is 4.33. The first kappa shape index (κ1) is 22.9. The van der Waals surface area contributed by atoms with Crippen LogP contribution in [0.5, 0.6) is 11.5 Å². The lowest BCUT2D eigenvalue weighted by Crippen LogP contribution is -2.36. The van der Waals surface area contributed by atoms with Gasteiger partial charge < -0.3 is 14.8 Å². The minimum absolute atomic E-state index is 0.122. The van der Waals surface area contributed by atoms with Crippen LogP contribution in [-0.2, 0) is 9.59 Å². The number of benzene rings is 2. The van der Waals surface area contributed by atoms with E-state index >= 15 is 0 Å². The van der Waals surface area contributed by atoms with Crippen LogP contribution in [0.25, 0.3) is 6.08 Å². The molecule has 1 aliphatic heterocycles. The van der Waals surface area contributed by atoms with Gasteiger partial charge in [-0.15, -0.1) is 0 Å². The number of imide groups is 1. The van der Waals surface area contributed by atoms with E-state index in [9.17, 15) is 14.4 Å². The van der Waals surface area contributed by atoms with E-state index in [1.807, 2.05) is 26.0 Å². The van der Waals surface area contributed by atoms with Gasteiger partial charge >= 0.3 is 0 Å². The molecule has 1 heterocycles. The molecule has 1 N–H and O–H groups in total. The lowest BCUT2D eigenvalue weighted by molar-refractivity contribution is -0.127. The first-order valence-electron chi connectivity index (χ1n) is 9.79. The van der Waals surface area contributed by atoms with Crippen LogP contribution in [0.4, 0.5) is 10.5 Å². The average molecular weight is 452 g/mol. The van der Waals surface area contributed by atoms with Gasteiger partial charge in [0.05, 0.1) is 11.5 Å². The van der Waals surface area contributed by atoms with Gasteiger partial charge in [-0.25, -0.2) is 0 Å². The van der Waals surface area contributed by atoms with Gasteiger partial charge in [-0.1, -0.05) is 18.2 Å². The molecule has 2 aromatic rings. The van der Waals surface area contributed by atoms with E-state index in [0.29, 0.717) is 29.4 Å². The molecule has 0 saturated carbocycles. The van der Waals surface area contributed by atoms with Crippen molar-refractivity contribution in [3.8, 4) is 17.6 Å². The van der Waals surface area contributed by atoms with Gasteiger partial charge in [0.2, 0.25) is 5.91 Å². The summed E-state index contributed by atoms with van der Waals surface area (Å²) in [6, 6.07) is 14.1. The normalized spacial score (nSPS) is 14.4. The fourth-order valence-electron chi connectivity index (χ4n) is 2.97. The van der Waals surface area contributed by atoms with E-state index in [-0.39, 0.29) is 18.1 Å². The van der Waals surface area contributed by atoms with Gasteiger partial charge in [0, 0.05) is 5.69 Å². The zero-order valence-electron chi connectivity index (χ0n) is 17.6. The maximum atomic E-state index is 12.7. The molecule has 3 rings (SSSR count). The van der Waals surface area contributed by atoms with Crippen LogP contribution in [0.3, 0.4) is 0 Å². The third kappa shape index (κ3) is 5.68. The highest BCUT2D eigenvalue weighted by Crippen LogP contribution is 2.34. The van der Waals surface area contributed by atoms with Gasteiger partial charge in [0.15, 0.2) is 18.1 Å². The topological polar surface area (TPSA) is 109 Å². The molecule has 0 radical (unpaired) electrons. The number of amides is 3. The third-order valence-corrected chi connectivity index (χ3v) is 5.24. The summed E-state index contributed by atoms with van der Waals surface area (Å²) in [4.78, 5) is 38.5. The molecule has 0 unspecified atom stereocenters. The molecule has 1 saturated heterocycles. The molecule has 0 spiro atoms. The van der Waals surface area contributed by atoms with Crippen molar-refractivity contribution in [3.63, 3.8) is 0 Å². The Hall–Kier alpha value is -3.77. The summed E-state index contributed by atoms with van der Waals surface area (Å²) in [7, 11) is 0. The zero-order valence-corrected chi connectivity index (χ0v) is 18.4. The van der Waals surface area contributed by atoms with Gasteiger partial charge in [-0.3, -0.25) is 19.3 Å². The second kappa shape index (κ2) is 10.5. The highest BCUT2D eigenvalue weighted by atomic mass is 32.2. The fraction of sp³-hybridized carbons (Fsp3) is 0.217. The second-order valence-corrected chi connectivity index (χ2v) is 7.76. The maximum absolute atomic E-state index is 12.7. The highest BCUT2D eigenvalue weighted by molar-refractivity contribution is 8.18. The predicted molar refractivity (Wildman–Crippen MR) is 121 cm³/mol. The van der Waals surface area contributed by atoms with Gasteiger partial charge in [0.25, 0.3) is 11.1 Å². The van der Waals surface area contributed by atoms with Crippen LogP contribution in [-0.4, -0.2) is 41.7 Å². The molecule has 164 valence electrons. The Labute approximate surface area is 189 Å². The summed E-state index contributed by atoms with van der Waals surface area (Å²) < 4.78 is 10.9. The molecule has 2 aromatic carbocycles. The Morgan fingerprint density at radius 3 is 2.72 bits per heavy atom. The van der Waals surface area contributed by atoms with Gasteiger partial charge in [0.1, 0.15) is 12.6 Å². The molecule has 0 atom stereocenters. The minimum Gasteiger partial charge on any atom is -0.490 e. The van der Waals surface area contributed by atoms with Crippen molar-refractivity contribution in [2.75, 3.05) is 25.1 Å². The standard InChI is InChI=1S/C23H21N3O5S/c1-3-30-19-12-16(7-8-18(19)31-10-9-24)13-20-22(28)26(23(29)32-20)14-21(27)25-17-6-4-5-15(2)11-17/h4-8,11-13H,3,10,14H2,1-2H3,(H,25,27)/b20-13-. The quantitative estimate of drug-likeness (QED) is 0.605. The lowest BCUT2D eigenvalue weighted by atomic mass is 10.2. The smallest absolute Gasteiger partial charge is 0.294 e. The molecular weight excluding hydrogens is 430 g/mol. The Morgan fingerprint density at radius 2 is 2.00 bits per heavy atom. The maximum Gasteiger partial charge on any atom is 0.294 e. The van der Waals surface area contributed by atoms with Crippen LogP contribution < -0.4 is 14.8 Å². The first-order valence-corrected chi connectivity index (χ1v) is 10.6. The Bertz CT molecular complexity index is 1120. The van der Waals surface area contributed by atoms with Gasteiger partial charge in [-0.2, -0.15) is 5.26 Å². The van der Waals surface area contributed by atoms with Crippen molar-refractivity contribution in [2.45, 2.75) is 13.8 Å². The predicted octanol–water partition coefficient (Wildman–Crippen LogP) is 3.97. The van der Waals surface area contributed by atoms with Crippen LogP contribution >= 0.6 is 11.8 Å². The molecule has 1 aliphatic rings. The number of carbonyl (C=O) groups is 3. The van der Waals surface area contributed by atoms with Crippen LogP contribution in [0.15, 0.2) is 47.4 Å². The molecule has 0 aromatic heterocycles. The van der Waals surface area contributed by atoms with E-state index in [0.717, 1.165) is 22.2 Å². The van der Waals surface area contributed by atoms with Crippen LogP contribution in [0, 0.1) is 18.3 Å². The number of ether oxygens (including phenoxy) is 2. The molecule has 9 heteroatoms. The van der Waals surface area contributed by atoms with E-state index in [4.69, 9.17) is 14.7 Å². The van der Waals surface area contributed by atoms with Crippen molar-refractivity contribution < 1.29 is 23.9 Å². The number of nitrogens with one attached hydrogen (secondary N) is 1. The fourth-order valence-corrected chi connectivity index (χ4v) is 3.80. The Morgan fingerprint density at radius 1 is 1.19 bits per heavy atom. The number of aryl methyl sites for hydroxylation is 1. The van der Waals surface area contributed by atoms with Crippen molar-refractivity contribution in [1.29, 1.82) is 5.26 Å². The number of nitriles is 1. The average Bonchev–Trinajstić information content (AvgIpc) is 3.00. The summed E-state index contributed by atoms with van der Waals surface area (Å²) in [5.74, 6) is -0.168. The van der Waals surface area contributed by atoms with E-state index < -0.39 is 17.1 Å². The number of hydrogen-bond acceptors (Lipinski definition) is 7. The van der Waals surface area contributed by atoms with Crippen molar-refractivity contribution in [3.05, 3.63) is 58.5 Å². The second-order valence-electron chi connectivity index (χ2n) is 6.77. The molecule has 0 bridgehead atoms.